The van der Waals surface area contributed by atoms with Crippen LogP contribution in [-0.2, 0) is 24.6 Å². The van der Waals surface area contributed by atoms with Crippen molar-refractivity contribution in [2.24, 2.45) is 13.0 Å². The quantitative estimate of drug-likeness (QED) is 0.778. The summed E-state index contributed by atoms with van der Waals surface area (Å²) in [7, 11) is 1.55. The van der Waals surface area contributed by atoms with Gasteiger partial charge in [0.15, 0.2) is 0 Å². The van der Waals surface area contributed by atoms with Gasteiger partial charge in [0.05, 0.1) is 18.2 Å². The highest BCUT2D eigenvalue weighted by molar-refractivity contribution is 5.89. The van der Waals surface area contributed by atoms with Gasteiger partial charge in [0.25, 0.3) is 0 Å². The number of hydrogen-bond acceptors (Lipinski definition) is 3. The zero-order chi connectivity index (χ0) is 14.2. The lowest BCUT2D eigenvalue weighted by Gasteiger charge is -2.24. The maximum atomic E-state index is 12.8. The van der Waals surface area contributed by atoms with Crippen molar-refractivity contribution in [1.82, 2.24) is 9.78 Å². The van der Waals surface area contributed by atoms with E-state index < -0.39 is 18.1 Å². The minimum atomic E-state index is -4.24. The highest BCUT2D eigenvalue weighted by atomic mass is 19.4. The van der Waals surface area contributed by atoms with Crippen LogP contribution in [0.2, 0.25) is 0 Å². The van der Waals surface area contributed by atoms with E-state index in [0.29, 0.717) is 11.3 Å². The second kappa shape index (κ2) is 4.86. The number of fused-ring (bicyclic) bond motifs is 1. The number of ether oxygens (including phenoxy) is 1. The standard InChI is InChI=1S/C12H15F3N2O2/c1-3-19-11(18)10-8-6-7(12(13,14)15)4-5-9(8)16-17(10)2/h7H,3-6H2,1-2H3/t7-/m0/s1. The van der Waals surface area contributed by atoms with Crippen molar-refractivity contribution >= 4 is 5.97 Å². The first-order valence-corrected chi connectivity index (χ1v) is 6.13. The van der Waals surface area contributed by atoms with Crippen LogP contribution in [0.1, 0.15) is 35.1 Å². The van der Waals surface area contributed by atoms with Gasteiger partial charge in [-0.15, -0.1) is 0 Å². The summed E-state index contributed by atoms with van der Waals surface area (Å²) in [6, 6.07) is 0. The molecule has 4 nitrogen and oxygen atoms in total. The Morgan fingerprint density at radius 3 is 2.79 bits per heavy atom. The molecule has 0 fully saturated rings. The molecular formula is C12H15F3N2O2. The first-order valence-electron chi connectivity index (χ1n) is 6.13. The van der Waals surface area contributed by atoms with Gasteiger partial charge < -0.3 is 4.74 Å². The molecule has 0 aliphatic heterocycles. The predicted octanol–water partition coefficient (Wildman–Crippen LogP) is 2.26. The van der Waals surface area contributed by atoms with E-state index in [9.17, 15) is 18.0 Å². The van der Waals surface area contributed by atoms with Gasteiger partial charge in [-0.3, -0.25) is 4.68 Å². The van der Waals surface area contributed by atoms with E-state index in [1.54, 1.807) is 14.0 Å². The molecule has 0 amide bonds. The molecule has 0 saturated carbocycles. The molecular weight excluding hydrogens is 261 g/mol. The van der Waals surface area contributed by atoms with E-state index in [2.05, 4.69) is 5.10 Å². The Labute approximate surface area is 108 Å². The summed E-state index contributed by atoms with van der Waals surface area (Å²) in [5, 5.41) is 4.12. The summed E-state index contributed by atoms with van der Waals surface area (Å²) >= 11 is 0. The monoisotopic (exact) mass is 276 g/mol. The third-order valence-electron chi connectivity index (χ3n) is 3.34. The van der Waals surface area contributed by atoms with Gasteiger partial charge in [-0.2, -0.15) is 18.3 Å². The molecule has 0 N–H and O–H groups in total. The van der Waals surface area contributed by atoms with Crippen LogP contribution in [0.5, 0.6) is 0 Å². The van der Waals surface area contributed by atoms with Gasteiger partial charge in [0.2, 0.25) is 0 Å². The van der Waals surface area contributed by atoms with Crippen LogP contribution < -0.4 is 0 Å². The highest BCUT2D eigenvalue weighted by Gasteiger charge is 2.43. The molecule has 0 aromatic carbocycles. The van der Waals surface area contributed by atoms with Crippen LogP contribution >= 0.6 is 0 Å². The van der Waals surface area contributed by atoms with Crippen LogP contribution in [0.3, 0.4) is 0 Å². The molecule has 0 unspecified atom stereocenters. The number of nitrogens with zero attached hydrogens (tertiary/aromatic N) is 2. The normalized spacial score (nSPS) is 19.1. The summed E-state index contributed by atoms with van der Waals surface area (Å²) in [4.78, 5) is 11.8. The Balaban J connectivity index is 2.34. The smallest absolute Gasteiger partial charge is 0.392 e. The molecule has 1 aromatic rings. The number of rotatable bonds is 2. The molecule has 7 heteroatoms. The molecule has 1 heterocycles. The zero-order valence-corrected chi connectivity index (χ0v) is 10.8. The minimum Gasteiger partial charge on any atom is -0.461 e. The second-order valence-corrected chi connectivity index (χ2v) is 4.60. The highest BCUT2D eigenvalue weighted by Crippen LogP contribution is 2.37. The Morgan fingerprint density at radius 2 is 2.21 bits per heavy atom. The van der Waals surface area contributed by atoms with Gasteiger partial charge in [-0.05, 0) is 26.2 Å². The SMILES string of the molecule is CCOC(=O)c1c2c(nn1C)CC[C@H](C(F)(F)F)C2. The molecule has 1 aliphatic rings. The molecule has 0 bridgehead atoms. The number of alkyl halides is 3. The number of carbonyl (C=O) groups excluding carboxylic acids is 1. The van der Waals surface area contributed by atoms with Crippen molar-refractivity contribution in [1.29, 1.82) is 0 Å². The Morgan fingerprint density at radius 1 is 1.53 bits per heavy atom. The first kappa shape index (κ1) is 13.9. The van der Waals surface area contributed by atoms with E-state index in [4.69, 9.17) is 4.74 Å². The molecule has 0 radical (unpaired) electrons. The topological polar surface area (TPSA) is 44.1 Å². The molecule has 1 atom stereocenters. The molecule has 0 spiro atoms. The summed E-state index contributed by atoms with van der Waals surface area (Å²) in [5.74, 6) is -2.01. The maximum Gasteiger partial charge on any atom is 0.392 e. The van der Waals surface area contributed by atoms with Crippen molar-refractivity contribution in [2.75, 3.05) is 6.61 Å². The summed E-state index contributed by atoms with van der Waals surface area (Å²) in [5.41, 5.74) is 1.10. The van der Waals surface area contributed by atoms with Crippen LogP contribution in [0.4, 0.5) is 13.2 Å². The molecule has 106 valence electrons. The van der Waals surface area contributed by atoms with Crippen molar-refractivity contribution in [2.45, 2.75) is 32.4 Å². The number of carbonyl (C=O) groups is 1. The van der Waals surface area contributed by atoms with Crippen molar-refractivity contribution < 1.29 is 22.7 Å². The van der Waals surface area contributed by atoms with E-state index in [0.717, 1.165) is 0 Å². The third-order valence-corrected chi connectivity index (χ3v) is 3.34. The zero-order valence-electron chi connectivity index (χ0n) is 10.8. The maximum absolute atomic E-state index is 12.8. The Hall–Kier alpha value is -1.53. The van der Waals surface area contributed by atoms with Gasteiger partial charge in [-0.25, -0.2) is 4.79 Å². The van der Waals surface area contributed by atoms with Crippen LogP contribution in [-0.4, -0.2) is 28.5 Å². The molecule has 2 rings (SSSR count). The fourth-order valence-corrected chi connectivity index (χ4v) is 2.43. The summed E-state index contributed by atoms with van der Waals surface area (Å²) in [6.45, 7) is 1.83. The first-order chi connectivity index (χ1) is 8.84. The number of hydrogen-bond donors (Lipinski definition) is 0. The lowest BCUT2D eigenvalue weighted by Crippen LogP contribution is -2.29. The predicted molar refractivity (Wildman–Crippen MR) is 60.7 cm³/mol. The van der Waals surface area contributed by atoms with E-state index >= 15 is 0 Å². The number of aryl methyl sites for hydroxylation is 2. The van der Waals surface area contributed by atoms with Crippen molar-refractivity contribution in [3.63, 3.8) is 0 Å². The third kappa shape index (κ3) is 2.59. The molecule has 0 saturated heterocycles. The van der Waals surface area contributed by atoms with Crippen molar-refractivity contribution in [3.8, 4) is 0 Å². The lowest BCUT2D eigenvalue weighted by molar-refractivity contribution is -0.177. The van der Waals surface area contributed by atoms with Crippen LogP contribution in [0, 0.1) is 5.92 Å². The molecule has 19 heavy (non-hydrogen) atoms. The number of esters is 1. The molecule has 1 aromatic heterocycles. The average molecular weight is 276 g/mol. The van der Waals surface area contributed by atoms with Crippen LogP contribution in [0.15, 0.2) is 0 Å². The van der Waals surface area contributed by atoms with Gasteiger partial charge in [-0.1, -0.05) is 0 Å². The Kier molecular flexibility index (Phi) is 3.56. The number of aromatic nitrogens is 2. The average Bonchev–Trinajstić information content (AvgIpc) is 2.62. The molecule has 1 aliphatic carbocycles. The van der Waals surface area contributed by atoms with E-state index in [1.807, 2.05) is 0 Å². The van der Waals surface area contributed by atoms with Gasteiger partial charge >= 0.3 is 12.1 Å². The second-order valence-electron chi connectivity index (χ2n) is 4.60. The van der Waals surface area contributed by atoms with Crippen LogP contribution in [0.25, 0.3) is 0 Å². The Bertz CT molecular complexity index is 494. The van der Waals surface area contributed by atoms with E-state index in [1.165, 1.54) is 4.68 Å². The van der Waals surface area contributed by atoms with Crippen molar-refractivity contribution in [3.05, 3.63) is 17.0 Å². The fourth-order valence-electron chi connectivity index (χ4n) is 2.43. The summed E-state index contributed by atoms with van der Waals surface area (Å²) in [6.07, 6.45) is -4.16. The summed E-state index contributed by atoms with van der Waals surface area (Å²) < 4.78 is 44.5. The largest absolute Gasteiger partial charge is 0.461 e. The van der Waals surface area contributed by atoms with Gasteiger partial charge in [0, 0.05) is 12.6 Å². The number of halogens is 3. The van der Waals surface area contributed by atoms with Gasteiger partial charge in [0.1, 0.15) is 5.69 Å². The fraction of sp³-hybridized carbons (Fsp3) is 0.667. The minimum absolute atomic E-state index is 0.0236. The lowest BCUT2D eigenvalue weighted by atomic mass is 9.86. The van der Waals surface area contributed by atoms with E-state index in [-0.39, 0.29) is 31.6 Å².